The third kappa shape index (κ3) is 6.00. The van der Waals surface area contributed by atoms with E-state index in [0.29, 0.717) is 5.71 Å². The number of carbonyl (C=O) groups is 1. The summed E-state index contributed by atoms with van der Waals surface area (Å²) in [4.78, 5) is 13.4. The normalized spacial score (nSPS) is 11.7. The van der Waals surface area contributed by atoms with Gasteiger partial charge in [-0.05, 0) is 77.0 Å². The fourth-order valence-corrected chi connectivity index (χ4v) is 5.45. The molecule has 0 saturated carbocycles. The first-order valence-corrected chi connectivity index (χ1v) is 13.7. The number of sulfonamides is 1. The van der Waals surface area contributed by atoms with Gasteiger partial charge in [-0.2, -0.15) is 5.10 Å². The van der Waals surface area contributed by atoms with Gasteiger partial charge in [0, 0.05) is 3.57 Å². The lowest BCUT2D eigenvalue weighted by molar-refractivity contribution is 0.0955. The molecule has 4 aromatic rings. The molecule has 0 heterocycles. The van der Waals surface area contributed by atoms with Crippen molar-refractivity contribution in [3.63, 3.8) is 0 Å². The smallest absolute Gasteiger partial charge is 0.267 e. The maximum atomic E-state index is 13.8. The van der Waals surface area contributed by atoms with Crippen LogP contribution < -0.4 is 9.73 Å². The topological polar surface area (TPSA) is 78.8 Å². The van der Waals surface area contributed by atoms with Gasteiger partial charge in [0.2, 0.25) is 0 Å². The van der Waals surface area contributed by atoms with Crippen molar-refractivity contribution in [3.8, 4) is 0 Å². The fraction of sp³-hybridized carbons (Fsp3) is 0.0714. The van der Waals surface area contributed by atoms with E-state index in [1.807, 2.05) is 54.6 Å². The molecule has 6 nitrogen and oxygen atoms in total. The minimum Gasteiger partial charge on any atom is -0.267 e. The highest BCUT2D eigenvalue weighted by Crippen LogP contribution is 2.29. The average Bonchev–Trinajstić information content (AvgIpc) is 2.91. The lowest BCUT2D eigenvalue weighted by atomic mass is 10.1. The van der Waals surface area contributed by atoms with Gasteiger partial charge in [-0.15, -0.1) is 0 Å². The minimum atomic E-state index is -3.97. The Balaban J connectivity index is 1.71. The number of hydrogen-bond acceptors (Lipinski definition) is 4. The molecule has 1 N–H and O–H groups in total. The summed E-state index contributed by atoms with van der Waals surface area (Å²) >= 11 is 2.22. The Labute approximate surface area is 224 Å². The number of para-hydroxylation sites is 1. The molecule has 0 atom stereocenters. The molecule has 0 aliphatic heterocycles. The zero-order valence-corrected chi connectivity index (χ0v) is 22.5. The Bertz CT molecular complexity index is 1470. The van der Waals surface area contributed by atoms with Crippen LogP contribution in [0.3, 0.4) is 0 Å². The molecule has 0 aliphatic carbocycles. The average molecular weight is 609 g/mol. The van der Waals surface area contributed by atoms with Crippen molar-refractivity contribution in [1.82, 2.24) is 5.43 Å². The number of nitrogens with one attached hydrogen (secondary N) is 1. The number of carbonyl (C=O) groups excluding carboxylic acids is 1. The standard InChI is InChI=1S/C28H24IN3O3S/c1-21(23-16-18-24(29)19-17-23)30-31-28(33)26-14-8-9-15-27(26)32(20-22-10-4-2-5-11-22)36(34,35)25-12-6-3-7-13-25/h2-19H,20H2,1H3,(H,31,33)/b30-21-. The largest absolute Gasteiger partial charge is 0.273 e. The van der Waals surface area contributed by atoms with E-state index < -0.39 is 15.9 Å². The molecular formula is C28H24IN3O3S. The lowest BCUT2D eigenvalue weighted by Crippen LogP contribution is -2.33. The molecule has 4 rings (SSSR count). The summed E-state index contributed by atoms with van der Waals surface area (Å²) in [7, 11) is -3.97. The molecule has 0 aromatic heterocycles. The van der Waals surface area contributed by atoms with Crippen LogP contribution in [0.5, 0.6) is 0 Å². The molecule has 0 unspecified atom stereocenters. The van der Waals surface area contributed by atoms with Crippen LogP contribution in [-0.2, 0) is 16.6 Å². The van der Waals surface area contributed by atoms with Gasteiger partial charge >= 0.3 is 0 Å². The molecule has 0 spiro atoms. The van der Waals surface area contributed by atoms with E-state index in [1.54, 1.807) is 61.5 Å². The third-order valence-electron chi connectivity index (χ3n) is 5.50. The summed E-state index contributed by atoms with van der Waals surface area (Å²) in [5, 5.41) is 4.25. The van der Waals surface area contributed by atoms with Crippen LogP contribution in [-0.4, -0.2) is 20.0 Å². The Morgan fingerprint density at radius 3 is 2.08 bits per heavy atom. The van der Waals surface area contributed by atoms with Crippen molar-refractivity contribution in [2.45, 2.75) is 18.4 Å². The second kappa shape index (κ2) is 11.5. The van der Waals surface area contributed by atoms with Crippen molar-refractivity contribution < 1.29 is 13.2 Å². The maximum absolute atomic E-state index is 13.8. The summed E-state index contributed by atoms with van der Waals surface area (Å²) in [6, 6.07) is 31.9. The van der Waals surface area contributed by atoms with E-state index >= 15 is 0 Å². The zero-order chi connectivity index (χ0) is 25.5. The van der Waals surface area contributed by atoms with E-state index in [4.69, 9.17) is 0 Å². The number of hydrazone groups is 1. The number of rotatable bonds is 8. The van der Waals surface area contributed by atoms with Gasteiger partial charge in [-0.3, -0.25) is 9.10 Å². The third-order valence-corrected chi connectivity index (χ3v) is 8.00. The van der Waals surface area contributed by atoms with Crippen LogP contribution in [0.15, 0.2) is 119 Å². The molecule has 1 amide bonds. The van der Waals surface area contributed by atoms with Crippen LogP contribution in [0.4, 0.5) is 5.69 Å². The van der Waals surface area contributed by atoms with Crippen molar-refractivity contribution in [2.24, 2.45) is 5.10 Å². The number of hydrogen-bond donors (Lipinski definition) is 1. The molecular weight excluding hydrogens is 585 g/mol. The molecule has 36 heavy (non-hydrogen) atoms. The van der Waals surface area contributed by atoms with Gasteiger partial charge in [0.25, 0.3) is 15.9 Å². The Morgan fingerprint density at radius 1 is 0.833 bits per heavy atom. The molecule has 8 heteroatoms. The van der Waals surface area contributed by atoms with E-state index in [2.05, 4.69) is 33.1 Å². The van der Waals surface area contributed by atoms with Gasteiger partial charge in [-0.1, -0.05) is 72.8 Å². The van der Waals surface area contributed by atoms with Crippen molar-refractivity contribution in [2.75, 3.05) is 4.31 Å². The quantitative estimate of drug-likeness (QED) is 0.155. The second-order valence-corrected chi connectivity index (χ2v) is 11.1. The van der Waals surface area contributed by atoms with Crippen molar-refractivity contribution in [3.05, 3.63) is 129 Å². The van der Waals surface area contributed by atoms with E-state index in [1.165, 1.54) is 4.31 Å². The highest BCUT2D eigenvalue weighted by molar-refractivity contribution is 14.1. The predicted molar refractivity (Wildman–Crippen MR) is 152 cm³/mol. The van der Waals surface area contributed by atoms with Gasteiger partial charge in [0.15, 0.2) is 0 Å². The molecule has 182 valence electrons. The van der Waals surface area contributed by atoms with E-state index in [9.17, 15) is 13.2 Å². The van der Waals surface area contributed by atoms with Gasteiger partial charge < -0.3 is 0 Å². The highest BCUT2D eigenvalue weighted by Gasteiger charge is 2.28. The summed E-state index contributed by atoms with van der Waals surface area (Å²) in [6.07, 6.45) is 0. The van der Waals surface area contributed by atoms with E-state index in [-0.39, 0.29) is 22.7 Å². The number of amides is 1. The number of halogens is 1. The zero-order valence-electron chi connectivity index (χ0n) is 19.5. The Morgan fingerprint density at radius 2 is 1.42 bits per heavy atom. The van der Waals surface area contributed by atoms with Gasteiger partial charge in [0.05, 0.1) is 28.4 Å². The second-order valence-electron chi connectivity index (χ2n) is 7.97. The molecule has 0 bridgehead atoms. The van der Waals surface area contributed by atoms with Crippen molar-refractivity contribution in [1.29, 1.82) is 0 Å². The highest BCUT2D eigenvalue weighted by atomic mass is 127. The molecule has 0 saturated heterocycles. The molecule has 0 radical (unpaired) electrons. The fourth-order valence-electron chi connectivity index (χ4n) is 3.60. The summed E-state index contributed by atoms with van der Waals surface area (Å²) < 4.78 is 29.9. The summed E-state index contributed by atoms with van der Waals surface area (Å²) in [5.41, 5.74) is 5.36. The monoisotopic (exact) mass is 609 g/mol. The summed E-state index contributed by atoms with van der Waals surface area (Å²) in [5.74, 6) is -0.503. The first-order chi connectivity index (χ1) is 17.4. The Hall–Kier alpha value is -3.50. The maximum Gasteiger partial charge on any atom is 0.273 e. The van der Waals surface area contributed by atoms with E-state index in [0.717, 1.165) is 14.7 Å². The van der Waals surface area contributed by atoms with Crippen LogP contribution in [0.25, 0.3) is 0 Å². The number of anilines is 1. The van der Waals surface area contributed by atoms with Gasteiger partial charge in [-0.25, -0.2) is 13.8 Å². The SMILES string of the molecule is C/C(=N/NC(=O)c1ccccc1N(Cc1ccccc1)S(=O)(=O)c1ccccc1)c1ccc(I)cc1. The molecule has 4 aromatic carbocycles. The first kappa shape index (κ1) is 25.6. The van der Waals surface area contributed by atoms with Crippen LogP contribution in [0.2, 0.25) is 0 Å². The van der Waals surface area contributed by atoms with Gasteiger partial charge in [0.1, 0.15) is 0 Å². The number of benzene rings is 4. The van der Waals surface area contributed by atoms with Crippen molar-refractivity contribution >= 4 is 49.9 Å². The lowest BCUT2D eigenvalue weighted by Gasteiger charge is -2.26. The minimum absolute atomic E-state index is 0.0628. The van der Waals surface area contributed by atoms with Crippen LogP contribution >= 0.6 is 22.6 Å². The Kier molecular flexibility index (Phi) is 8.17. The van der Waals surface area contributed by atoms with Crippen LogP contribution in [0.1, 0.15) is 28.4 Å². The number of nitrogens with zero attached hydrogens (tertiary/aromatic N) is 2. The predicted octanol–water partition coefficient (Wildman–Crippen LogP) is 5.84. The molecule has 0 aliphatic rings. The summed E-state index contributed by atoms with van der Waals surface area (Å²) in [6.45, 7) is 1.86. The first-order valence-electron chi connectivity index (χ1n) is 11.2. The van der Waals surface area contributed by atoms with Crippen LogP contribution in [0, 0.1) is 3.57 Å². The molecule has 0 fully saturated rings.